The van der Waals surface area contributed by atoms with E-state index in [0.717, 1.165) is 29.5 Å². The lowest BCUT2D eigenvalue weighted by molar-refractivity contribution is 0.119. The number of aromatic nitrogens is 7. The number of halogens is 2. The van der Waals surface area contributed by atoms with Crippen molar-refractivity contribution in [2.24, 2.45) is 7.05 Å². The van der Waals surface area contributed by atoms with Crippen molar-refractivity contribution in [2.45, 2.75) is 77.0 Å². The predicted molar refractivity (Wildman–Crippen MR) is 174 cm³/mol. The maximum Gasteiger partial charge on any atom is 0.415 e. The Morgan fingerprint density at radius 1 is 1.11 bits per heavy atom. The number of pyridine rings is 1. The van der Waals surface area contributed by atoms with E-state index >= 15 is 0 Å². The Labute approximate surface area is 272 Å². The molecule has 4 aromatic heterocycles. The highest BCUT2D eigenvalue weighted by Crippen LogP contribution is 2.35. The minimum atomic E-state index is -1.29. The molecule has 1 unspecified atom stereocenters. The fourth-order valence-electron chi connectivity index (χ4n) is 5.45. The third-order valence-corrected chi connectivity index (χ3v) is 8.05. The molecule has 1 aliphatic carbocycles. The summed E-state index contributed by atoms with van der Waals surface area (Å²) in [6.45, 7) is 7.30. The highest BCUT2D eigenvalue weighted by atomic mass is 35.5. The van der Waals surface area contributed by atoms with Gasteiger partial charge in [0.1, 0.15) is 30.0 Å². The Morgan fingerprint density at radius 3 is 2.43 bits per heavy atom. The van der Waals surface area contributed by atoms with Gasteiger partial charge in [-0.05, 0) is 55.7 Å². The Bertz CT molecular complexity index is 1650. The maximum absolute atomic E-state index is 13.7. The lowest BCUT2D eigenvalue weighted by Crippen LogP contribution is -2.45. The van der Waals surface area contributed by atoms with E-state index in [9.17, 15) is 9.18 Å². The van der Waals surface area contributed by atoms with Gasteiger partial charge in [0.05, 0.1) is 12.1 Å². The van der Waals surface area contributed by atoms with Crippen LogP contribution in [-0.2, 0) is 17.2 Å². The number of methoxy groups -OCH3 is 1. The van der Waals surface area contributed by atoms with Gasteiger partial charge in [-0.15, -0.1) is 0 Å². The van der Waals surface area contributed by atoms with Crippen LogP contribution >= 0.6 is 11.6 Å². The number of amides is 1. The minimum Gasteiger partial charge on any atom is -0.467 e. The maximum atomic E-state index is 13.7. The molecule has 1 fully saturated rings. The van der Waals surface area contributed by atoms with Crippen molar-refractivity contribution in [3.8, 4) is 28.5 Å². The van der Waals surface area contributed by atoms with Crippen LogP contribution in [0.15, 0.2) is 43.1 Å². The molecule has 1 N–H and O–H groups in total. The third-order valence-electron chi connectivity index (χ3n) is 7.77. The van der Waals surface area contributed by atoms with Gasteiger partial charge in [-0.25, -0.2) is 34.1 Å². The zero-order valence-corrected chi connectivity index (χ0v) is 27.6. The Morgan fingerprint density at radius 2 is 1.83 bits per heavy atom. The smallest absolute Gasteiger partial charge is 0.415 e. The summed E-state index contributed by atoms with van der Waals surface area (Å²) in [5.41, 5.74) is 3.50. The topological polar surface area (TPSA) is 133 Å². The molecule has 0 radical (unpaired) electrons. The molecule has 0 aliphatic heterocycles. The van der Waals surface area contributed by atoms with Crippen LogP contribution in [0.5, 0.6) is 6.01 Å². The number of carbonyl (C=O) groups is 1. The van der Waals surface area contributed by atoms with Crippen molar-refractivity contribution in [3.05, 3.63) is 53.7 Å². The first-order chi connectivity index (χ1) is 21.9. The summed E-state index contributed by atoms with van der Waals surface area (Å²) in [4.78, 5) is 37.3. The molecule has 5 rings (SSSR count). The molecule has 46 heavy (non-hydrogen) atoms. The molecule has 4 aromatic rings. The van der Waals surface area contributed by atoms with Crippen LogP contribution in [0.3, 0.4) is 0 Å². The molecule has 4 heterocycles. The normalized spacial score (nSPS) is 17.3. The zero-order valence-electron chi connectivity index (χ0n) is 26.9. The van der Waals surface area contributed by atoms with Gasteiger partial charge >= 0.3 is 12.1 Å². The standard InChI is InChI=1S/C32H39ClFN9O3/c1-19(34)18-46-31(44)43(26-13-20(11-12-35-26)21-14-37-30(45-6)38-15-21)23-9-7-22(8-10-23)39-29-36-16-24(32(2,3)4)27(40-29)28-25(33)17-42(5)41-28/h11-17,19,22-23H,7-10,18H2,1-6H3,(H,36,39,40). The van der Waals surface area contributed by atoms with Crippen molar-refractivity contribution in [3.63, 3.8) is 0 Å². The fraction of sp³-hybridized carbons (Fsp3) is 0.469. The van der Waals surface area contributed by atoms with E-state index in [-0.39, 0.29) is 30.1 Å². The quantitative estimate of drug-likeness (QED) is 0.216. The van der Waals surface area contributed by atoms with Gasteiger partial charge in [-0.2, -0.15) is 5.10 Å². The third kappa shape index (κ3) is 7.69. The lowest BCUT2D eigenvalue weighted by atomic mass is 9.86. The summed E-state index contributed by atoms with van der Waals surface area (Å²) in [6, 6.07) is 3.68. The summed E-state index contributed by atoms with van der Waals surface area (Å²) >= 11 is 6.52. The number of nitrogens with zero attached hydrogens (tertiary/aromatic N) is 8. The molecular weight excluding hydrogens is 613 g/mol. The molecule has 0 aromatic carbocycles. The number of hydrogen-bond acceptors (Lipinski definition) is 10. The molecule has 1 aliphatic rings. The molecule has 0 spiro atoms. The highest BCUT2D eigenvalue weighted by molar-refractivity contribution is 6.33. The van der Waals surface area contributed by atoms with Crippen molar-refractivity contribution in [2.75, 3.05) is 23.9 Å². The van der Waals surface area contributed by atoms with Crippen molar-refractivity contribution in [1.82, 2.24) is 34.7 Å². The van der Waals surface area contributed by atoms with Gasteiger partial charge in [0.15, 0.2) is 0 Å². The minimum absolute atomic E-state index is 0.0586. The first kappa shape index (κ1) is 33.0. The monoisotopic (exact) mass is 651 g/mol. The van der Waals surface area contributed by atoms with E-state index in [1.165, 1.54) is 18.9 Å². The second-order valence-electron chi connectivity index (χ2n) is 12.4. The number of anilines is 2. The zero-order chi connectivity index (χ0) is 33.0. The Hall–Kier alpha value is -4.39. The van der Waals surface area contributed by atoms with E-state index in [0.29, 0.717) is 41.0 Å². The molecule has 1 atom stereocenters. The van der Waals surface area contributed by atoms with Gasteiger partial charge in [-0.1, -0.05) is 32.4 Å². The van der Waals surface area contributed by atoms with E-state index in [2.05, 4.69) is 51.1 Å². The predicted octanol–water partition coefficient (Wildman–Crippen LogP) is 6.41. The molecule has 244 valence electrons. The van der Waals surface area contributed by atoms with Crippen LogP contribution in [0.1, 0.15) is 58.9 Å². The average molecular weight is 652 g/mol. The van der Waals surface area contributed by atoms with Crippen LogP contribution in [0.4, 0.5) is 21.0 Å². The van der Waals surface area contributed by atoms with Crippen LogP contribution in [0, 0.1) is 0 Å². The largest absolute Gasteiger partial charge is 0.467 e. The number of nitrogens with one attached hydrogen (secondary N) is 1. The van der Waals surface area contributed by atoms with Gasteiger partial charge in [0.2, 0.25) is 5.95 Å². The average Bonchev–Trinajstić information content (AvgIpc) is 3.38. The van der Waals surface area contributed by atoms with Crippen molar-refractivity contribution in [1.29, 1.82) is 0 Å². The number of aryl methyl sites for hydroxylation is 1. The van der Waals surface area contributed by atoms with Crippen LogP contribution < -0.4 is 15.0 Å². The van der Waals surface area contributed by atoms with Gasteiger partial charge in [-0.3, -0.25) is 9.58 Å². The number of ether oxygens (including phenoxy) is 2. The highest BCUT2D eigenvalue weighted by Gasteiger charge is 2.33. The SMILES string of the molecule is COc1ncc(-c2ccnc(N(C(=O)OCC(C)F)C3CCC(Nc4ncc(C(C)(C)C)c(-c5nn(C)cc5Cl)n4)CC3)c2)cn1. The molecule has 1 amide bonds. The molecule has 1 saturated carbocycles. The van der Waals surface area contributed by atoms with E-state index in [1.54, 1.807) is 41.6 Å². The fourth-order valence-corrected chi connectivity index (χ4v) is 5.72. The van der Waals surface area contributed by atoms with Gasteiger partial charge < -0.3 is 14.8 Å². The first-order valence-electron chi connectivity index (χ1n) is 15.2. The van der Waals surface area contributed by atoms with Gasteiger partial charge in [0, 0.05) is 61.2 Å². The van der Waals surface area contributed by atoms with E-state index in [1.807, 2.05) is 13.2 Å². The van der Waals surface area contributed by atoms with E-state index in [4.69, 9.17) is 26.1 Å². The Kier molecular flexibility index (Phi) is 10.00. The first-order valence-corrected chi connectivity index (χ1v) is 15.6. The molecular formula is C32H39ClFN9O3. The molecule has 0 saturated heterocycles. The molecule has 0 bridgehead atoms. The summed E-state index contributed by atoms with van der Waals surface area (Å²) < 4.78 is 25.7. The molecule has 14 heteroatoms. The van der Waals surface area contributed by atoms with E-state index < -0.39 is 12.3 Å². The van der Waals surface area contributed by atoms with Gasteiger partial charge in [0.25, 0.3) is 0 Å². The van der Waals surface area contributed by atoms with Crippen LogP contribution in [0.2, 0.25) is 5.02 Å². The lowest BCUT2D eigenvalue weighted by Gasteiger charge is -2.36. The second kappa shape index (κ2) is 13.9. The summed E-state index contributed by atoms with van der Waals surface area (Å²) in [7, 11) is 3.32. The summed E-state index contributed by atoms with van der Waals surface area (Å²) in [5, 5.41) is 8.55. The summed E-state index contributed by atoms with van der Waals surface area (Å²) in [6.07, 6.45) is 9.28. The molecule has 12 nitrogen and oxygen atoms in total. The van der Waals surface area contributed by atoms with Crippen LogP contribution in [-0.4, -0.2) is 72.8 Å². The Balaban J connectivity index is 1.34. The number of hydrogen-bond donors (Lipinski definition) is 1. The summed E-state index contributed by atoms with van der Waals surface area (Å²) in [5.74, 6) is 0.886. The van der Waals surface area contributed by atoms with Crippen molar-refractivity contribution >= 4 is 29.5 Å². The number of rotatable bonds is 9. The van der Waals surface area contributed by atoms with Crippen molar-refractivity contribution < 1.29 is 18.7 Å². The number of carbonyl (C=O) groups excluding carboxylic acids is 1. The second-order valence-corrected chi connectivity index (χ2v) is 12.9. The van der Waals surface area contributed by atoms with Crippen LogP contribution in [0.25, 0.3) is 22.5 Å². The number of alkyl halides is 1.